The van der Waals surface area contributed by atoms with Crippen molar-refractivity contribution < 1.29 is 14.3 Å². The van der Waals surface area contributed by atoms with Gasteiger partial charge in [0.1, 0.15) is 5.75 Å². The largest absolute Gasteiger partial charge is 0.425 e. The topological polar surface area (TPSA) is 35.5 Å². The molecule has 0 aliphatic carbocycles. The maximum atomic E-state index is 12.0. The molecule has 0 aromatic heterocycles. The third-order valence-electron chi connectivity index (χ3n) is 2.89. The van der Waals surface area contributed by atoms with Crippen molar-refractivity contribution in [2.24, 2.45) is 0 Å². The number of ether oxygens (including phenoxy) is 2. The Kier molecular flexibility index (Phi) is 5.33. The van der Waals surface area contributed by atoms with Gasteiger partial charge in [-0.1, -0.05) is 55.5 Å². The summed E-state index contributed by atoms with van der Waals surface area (Å²) in [7, 11) is 0. The van der Waals surface area contributed by atoms with Crippen LogP contribution in [0.1, 0.15) is 18.9 Å². The lowest BCUT2D eigenvalue weighted by molar-refractivity contribution is -0.148. The summed E-state index contributed by atoms with van der Waals surface area (Å²) in [4.78, 5) is 12.0. The van der Waals surface area contributed by atoms with E-state index in [9.17, 15) is 4.79 Å². The SMILES string of the molecule is CCC(OCc1ccccc1)C(=O)Oc1ccccc1. The number of rotatable bonds is 6. The molecule has 0 heterocycles. The lowest BCUT2D eigenvalue weighted by Crippen LogP contribution is -2.28. The second kappa shape index (κ2) is 7.46. The fourth-order valence-electron chi connectivity index (χ4n) is 1.79. The van der Waals surface area contributed by atoms with E-state index < -0.39 is 6.10 Å². The number of carbonyl (C=O) groups excluding carboxylic acids is 1. The molecule has 2 rings (SSSR count). The number of hydrogen-bond acceptors (Lipinski definition) is 3. The van der Waals surface area contributed by atoms with Gasteiger partial charge < -0.3 is 9.47 Å². The Morgan fingerprint density at radius 2 is 1.60 bits per heavy atom. The van der Waals surface area contributed by atoms with Crippen LogP contribution in [0.15, 0.2) is 60.7 Å². The fourth-order valence-corrected chi connectivity index (χ4v) is 1.79. The van der Waals surface area contributed by atoms with Crippen LogP contribution in [0.5, 0.6) is 5.75 Å². The lowest BCUT2D eigenvalue weighted by atomic mass is 10.2. The predicted octanol–water partition coefficient (Wildman–Crippen LogP) is 3.59. The van der Waals surface area contributed by atoms with Crippen LogP contribution in [0, 0.1) is 0 Å². The molecule has 0 aliphatic heterocycles. The highest BCUT2D eigenvalue weighted by molar-refractivity contribution is 5.77. The first kappa shape index (κ1) is 14.3. The number of para-hydroxylation sites is 1. The molecule has 3 heteroatoms. The fraction of sp³-hybridized carbons (Fsp3) is 0.235. The monoisotopic (exact) mass is 270 g/mol. The molecule has 0 radical (unpaired) electrons. The molecule has 104 valence electrons. The molecular weight excluding hydrogens is 252 g/mol. The molecule has 0 aliphatic rings. The van der Waals surface area contributed by atoms with Crippen LogP contribution in [0.3, 0.4) is 0 Å². The van der Waals surface area contributed by atoms with E-state index in [-0.39, 0.29) is 5.97 Å². The standard InChI is InChI=1S/C17H18O3/c1-2-16(19-13-14-9-5-3-6-10-14)17(18)20-15-11-7-4-8-12-15/h3-12,16H,2,13H2,1H3. The van der Waals surface area contributed by atoms with E-state index in [2.05, 4.69) is 0 Å². The lowest BCUT2D eigenvalue weighted by Gasteiger charge is -2.15. The second-order valence-electron chi connectivity index (χ2n) is 4.43. The predicted molar refractivity (Wildman–Crippen MR) is 77.4 cm³/mol. The van der Waals surface area contributed by atoms with Gasteiger partial charge in [0.25, 0.3) is 0 Å². The van der Waals surface area contributed by atoms with E-state index in [1.165, 1.54) is 0 Å². The van der Waals surface area contributed by atoms with E-state index in [0.29, 0.717) is 18.8 Å². The molecule has 0 fully saturated rings. The van der Waals surface area contributed by atoms with Crippen molar-refractivity contribution in [3.05, 3.63) is 66.2 Å². The van der Waals surface area contributed by atoms with Gasteiger partial charge in [0.05, 0.1) is 6.61 Å². The summed E-state index contributed by atoms with van der Waals surface area (Å²) in [5.74, 6) is 0.189. The van der Waals surface area contributed by atoms with Crippen molar-refractivity contribution in [1.29, 1.82) is 0 Å². The van der Waals surface area contributed by atoms with Crippen LogP contribution in [-0.2, 0) is 16.1 Å². The minimum atomic E-state index is -0.546. The van der Waals surface area contributed by atoms with Crippen molar-refractivity contribution in [3.63, 3.8) is 0 Å². The van der Waals surface area contributed by atoms with Gasteiger partial charge in [0.15, 0.2) is 6.10 Å². The van der Waals surface area contributed by atoms with Crippen molar-refractivity contribution in [2.75, 3.05) is 0 Å². The smallest absolute Gasteiger partial charge is 0.340 e. The molecule has 3 nitrogen and oxygen atoms in total. The van der Waals surface area contributed by atoms with Gasteiger partial charge in [0, 0.05) is 0 Å². The van der Waals surface area contributed by atoms with E-state index in [1.54, 1.807) is 12.1 Å². The van der Waals surface area contributed by atoms with Crippen LogP contribution < -0.4 is 4.74 Å². The van der Waals surface area contributed by atoms with Gasteiger partial charge in [-0.25, -0.2) is 4.79 Å². The summed E-state index contributed by atoms with van der Waals surface area (Å²) in [6, 6.07) is 18.8. The number of carbonyl (C=O) groups is 1. The minimum Gasteiger partial charge on any atom is -0.425 e. The Balaban J connectivity index is 1.89. The third-order valence-corrected chi connectivity index (χ3v) is 2.89. The quantitative estimate of drug-likeness (QED) is 0.594. The van der Waals surface area contributed by atoms with E-state index in [1.807, 2.05) is 55.5 Å². The van der Waals surface area contributed by atoms with Gasteiger partial charge >= 0.3 is 5.97 Å². The molecule has 0 amide bonds. The molecule has 0 spiro atoms. The summed E-state index contributed by atoms with van der Waals surface area (Å²) in [5, 5.41) is 0. The van der Waals surface area contributed by atoms with E-state index in [4.69, 9.17) is 9.47 Å². The zero-order valence-corrected chi connectivity index (χ0v) is 11.5. The minimum absolute atomic E-state index is 0.352. The van der Waals surface area contributed by atoms with Gasteiger partial charge in [-0.05, 0) is 24.1 Å². The Labute approximate surface area is 119 Å². The third kappa shape index (κ3) is 4.21. The second-order valence-corrected chi connectivity index (χ2v) is 4.43. The maximum Gasteiger partial charge on any atom is 0.340 e. The average Bonchev–Trinajstić information content (AvgIpc) is 2.50. The Morgan fingerprint density at radius 1 is 1.00 bits per heavy atom. The van der Waals surface area contributed by atoms with Gasteiger partial charge in [-0.15, -0.1) is 0 Å². The van der Waals surface area contributed by atoms with Crippen molar-refractivity contribution in [1.82, 2.24) is 0 Å². The Morgan fingerprint density at radius 3 is 2.20 bits per heavy atom. The zero-order chi connectivity index (χ0) is 14.2. The molecule has 20 heavy (non-hydrogen) atoms. The highest BCUT2D eigenvalue weighted by Gasteiger charge is 2.19. The van der Waals surface area contributed by atoms with Crippen LogP contribution in [0.2, 0.25) is 0 Å². The van der Waals surface area contributed by atoms with E-state index >= 15 is 0 Å². The van der Waals surface area contributed by atoms with Gasteiger partial charge in [0.2, 0.25) is 0 Å². The van der Waals surface area contributed by atoms with Crippen LogP contribution >= 0.6 is 0 Å². The van der Waals surface area contributed by atoms with Crippen molar-refractivity contribution >= 4 is 5.97 Å². The Bertz CT molecular complexity index is 522. The highest BCUT2D eigenvalue weighted by Crippen LogP contribution is 2.12. The normalized spacial score (nSPS) is 11.8. The van der Waals surface area contributed by atoms with Crippen LogP contribution in [0.4, 0.5) is 0 Å². The van der Waals surface area contributed by atoms with Gasteiger partial charge in [-0.2, -0.15) is 0 Å². The van der Waals surface area contributed by atoms with Crippen LogP contribution in [0.25, 0.3) is 0 Å². The Hall–Kier alpha value is -2.13. The molecule has 0 bridgehead atoms. The molecule has 0 N–H and O–H groups in total. The first-order valence-electron chi connectivity index (χ1n) is 6.72. The average molecular weight is 270 g/mol. The first-order valence-corrected chi connectivity index (χ1v) is 6.72. The van der Waals surface area contributed by atoms with Crippen molar-refractivity contribution in [2.45, 2.75) is 26.1 Å². The number of hydrogen-bond donors (Lipinski definition) is 0. The number of benzene rings is 2. The summed E-state index contributed by atoms with van der Waals surface area (Å²) < 4.78 is 10.9. The van der Waals surface area contributed by atoms with E-state index in [0.717, 1.165) is 5.56 Å². The molecular formula is C17H18O3. The molecule has 0 saturated heterocycles. The summed E-state index contributed by atoms with van der Waals surface area (Å²) in [6.45, 7) is 2.31. The van der Waals surface area contributed by atoms with Gasteiger partial charge in [-0.3, -0.25) is 0 Å². The summed E-state index contributed by atoms with van der Waals surface area (Å²) in [5.41, 5.74) is 1.04. The highest BCUT2D eigenvalue weighted by atomic mass is 16.6. The summed E-state index contributed by atoms with van der Waals surface area (Å²) in [6.07, 6.45) is 0.0359. The molecule has 2 aromatic carbocycles. The molecule has 1 atom stereocenters. The van der Waals surface area contributed by atoms with Crippen LogP contribution in [-0.4, -0.2) is 12.1 Å². The molecule has 2 aromatic rings. The summed E-state index contributed by atoms with van der Waals surface area (Å²) >= 11 is 0. The zero-order valence-electron chi connectivity index (χ0n) is 11.5. The first-order chi connectivity index (χ1) is 9.79. The molecule has 0 saturated carbocycles. The van der Waals surface area contributed by atoms with Crippen molar-refractivity contribution in [3.8, 4) is 5.75 Å². The number of esters is 1. The maximum absolute atomic E-state index is 12.0. The molecule has 1 unspecified atom stereocenters.